The van der Waals surface area contributed by atoms with Gasteiger partial charge in [0.2, 0.25) is 5.91 Å². The van der Waals surface area contributed by atoms with Gasteiger partial charge in [0.25, 0.3) is 0 Å². The number of hydrogen-bond acceptors (Lipinski definition) is 4. The standard InChI is InChI=1S/C16H18Cl2N4O2/c17-11-3-1-2-10(8-11)13(6-7-19)21-16(23)9-14-12(18)4-5-15(20)22(14)24/h1-5,8,13,20,24H,6-7,9,19H2,(H,21,23). The molecule has 0 radical (unpaired) electrons. The van der Waals surface area contributed by atoms with E-state index in [4.69, 9.17) is 34.3 Å². The SMILES string of the molecule is N=c1ccc(Cl)c(CC(=O)NC(CCN)c2cccc(Cl)c2)n1O. The van der Waals surface area contributed by atoms with Crippen LogP contribution in [-0.2, 0) is 11.2 Å². The molecule has 0 aliphatic carbocycles. The number of pyridine rings is 1. The van der Waals surface area contributed by atoms with Gasteiger partial charge in [-0.1, -0.05) is 35.3 Å². The topological polar surface area (TPSA) is 104 Å². The zero-order valence-corrected chi connectivity index (χ0v) is 14.3. The molecule has 5 N–H and O–H groups in total. The van der Waals surface area contributed by atoms with Crippen molar-refractivity contribution in [1.82, 2.24) is 10.0 Å². The number of carbonyl (C=O) groups is 1. The number of nitrogens with two attached hydrogens (primary N) is 1. The molecule has 2 aromatic rings. The average molecular weight is 369 g/mol. The van der Waals surface area contributed by atoms with E-state index in [0.717, 1.165) is 5.56 Å². The van der Waals surface area contributed by atoms with Crippen LogP contribution in [-0.4, -0.2) is 22.4 Å². The first-order chi connectivity index (χ1) is 11.4. The highest BCUT2D eigenvalue weighted by molar-refractivity contribution is 6.31. The molecule has 0 saturated heterocycles. The molecule has 0 aliphatic rings. The normalized spacial score (nSPS) is 12.0. The first kappa shape index (κ1) is 18.3. The van der Waals surface area contributed by atoms with E-state index >= 15 is 0 Å². The van der Waals surface area contributed by atoms with E-state index in [1.165, 1.54) is 12.1 Å². The quantitative estimate of drug-likeness (QED) is 0.587. The number of hydrogen-bond donors (Lipinski definition) is 4. The molecule has 0 spiro atoms. The van der Waals surface area contributed by atoms with E-state index in [9.17, 15) is 10.0 Å². The van der Waals surface area contributed by atoms with Crippen molar-refractivity contribution >= 4 is 29.1 Å². The van der Waals surface area contributed by atoms with Crippen molar-refractivity contribution in [3.8, 4) is 0 Å². The molecule has 0 bridgehead atoms. The minimum absolute atomic E-state index is 0.152. The van der Waals surface area contributed by atoms with Gasteiger partial charge in [0.15, 0.2) is 5.49 Å². The molecular weight excluding hydrogens is 351 g/mol. The maximum atomic E-state index is 12.3. The van der Waals surface area contributed by atoms with Crippen LogP contribution in [0.4, 0.5) is 0 Å². The number of aromatic nitrogens is 1. The van der Waals surface area contributed by atoms with Crippen LogP contribution >= 0.6 is 23.2 Å². The second-order valence-electron chi connectivity index (χ2n) is 5.25. The summed E-state index contributed by atoms with van der Waals surface area (Å²) in [5, 5.41) is 21.0. The summed E-state index contributed by atoms with van der Waals surface area (Å²) >= 11 is 12.0. The number of amides is 1. The van der Waals surface area contributed by atoms with Crippen molar-refractivity contribution in [3.05, 3.63) is 63.2 Å². The Balaban J connectivity index is 2.17. The minimum Gasteiger partial charge on any atom is -0.427 e. The second kappa shape index (κ2) is 8.19. The Morgan fingerprint density at radius 3 is 2.75 bits per heavy atom. The van der Waals surface area contributed by atoms with Gasteiger partial charge in [0.05, 0.1) is 23.2 Å². The summed E-state index contributed by atoms with van der Waals surface area (Å²) in [5.74, 6) is -0.344. The number of nitrogens with zero attached hydrogens (tertiary/aromatic N) is 1. The van der Waals surface area contributed by atoms with Gasteiger partial charge >= 0.3 is 0 Å². The molecule has 1 amide bonds. The Hall–Kier alpha value is -2.02. The van der Waals surface area contributed by atoms with E-state index in [1.54, 1.807) is 18.2 Å². The summed E-state index contributed by atoms with van der Waals surface area (Å²) in [5.41, 5.74) is 6.47. The molecule has 24 heavy (non-hydrogen) atoms. The van der Waals surface area contributed by atoms with Crippen LogP contribution in [0.1, 0.15) is 23.7 Å². The Kier molecular flexibility index (Phi) is 6.25. The predicted molar refractivity (Wildman–Crippen MR) is 92.2 cm³/mol. The van der Waals surface area contributed by atoms with Crippen molar-refractivity contribution < 1.29 is 10.0 Å². The lowest BCUT2D eigenvalue weighted by Crippen LogP contribution is -2.33. The van der Waals surface area contributed by atoms with Gasteiger partial charge in [-0.3, -0.25) is 10.2 Å². The maximum absolute atomic E-state index is 12.3. The Bertz CT molecular complexity index is 792. The molecule has 8 heteroatoms. The number of carbonyl (C=O) groups excluding carboxylic acids is 1. The van der Waals surface area contributed by atoms with Gasteiger partial charge in [-0.15, -0.1) is 0 Å². The number of nitrogens with one attached hydrogen (secondary N) is 2. The van der Waals surface area contributed by atoms with Crippen LogP contribution in [0.15, 0.2) is 36.4 Å². The van der Waals surface area contributed by atoms with E-state index < -0.39 is 0 Å². The molecule has 0 saturated carbocycles. The van der Waals surface area contributed by atoms with Gasteiger partial charge in [0, 0.05) is 5.02 Å². The third kappa shape index (κ3) is 4.50. The smallest absolute Gasteiger partial charge is 0.226 e. The number of rotatable bonds is 6. The fraction of sp³-hybridized carbons (Fsp3) is 0.250. The lowest BCUT2D eigenvalue weighted by Gasteiger charge is -2.19. The predicted octanol–water partition coefficient (Wildman–Crippen LogP) is 2.26. The molecule has 1 aromatic carbocycles. The Morgan fingerprint density at radius 2 is 2.08 bits per heavy atom. The molecule has 0 fully saturated rings. The third-order valence-electron chi connectivity index (χ3n) is 3.52. The number of benzene rings is 1. The lowest BCUT2D eigenvalue weighted by molar-refractivity contribution is -0.121. The summed E-state index contributed by atoms with van der Waals surface area (Å²) < 4.78 is 0.596. The van der Waals surface area contributed by atoms with E-state index in [2.05, 4.69) is 5.32 Å². The molecule has 1 heterocycles. The molecule has 2 rings (SSSR count). The monoisotopic (exact) mass is 368 g/mol. The van der Waals surface area contributed by atoms with Crippen molar-refractivity contribution in [2.24, 2.45) is 5.73 Å². The van der Waals surface area contributed by atoms with Gasteiger partial charge in [-0.05, 0) is 42.8 Å². The fourth-order valence-corrected chi connectivity index (χ4v) is 2.74. The summed E-state index contributed by atoms with van der Waals surface area (Å²) in [6, 6.07) is 9.68. The highest BCUT2D eigenvalue weighted by Gasteiger charge is 2.17. The van der Waals surface area contributed by atoms with Crippen molar-refractivity contribution in [2.75, 3.05) is 6.54 Å². The minimum atomic E-state index is -0.344. The summed E-state index contributed by atoms with van der Waals surface area (Å²) in [6.07, 6.45) is 0.376. The van der Waals surface area contributed by atoms with Gasteiger partial charge in [0.1, 0.15) is 0 Å². The first-order valence-corrected chi connectivity index (χ1v) is 8.07. The van der Waals surface area contributed by atoms with E-state index in [-0.39, 0.29) is 34.6 Å². The van der Waals surface area contributed by atoms with E-state index in [0.29, 0.717) is 22.7 Å². The summed E-state index contributed by atoms with van der Waals surface area (Å²) in [4.78, 5) is 12.3. The van der Waals surface area contributed by atoms with Crippen LogP contribution in [0.5, 0.6) is 0 Å². The van der Waals surface area contributed by atoms with Crippen LogP contribution < -0.4 is 16.5 Å². The highest BCUT2D eigenvalue weighted by atomic mass is 35.5. The molecule has 1 atom stereocenters. The average Bonchev–Trinajstić information content (AvgIpc) is 2.55. The van der Waals surface area contributed by atoms with Gasteiger partial charge < -0.3 is 16.3 Å². The fourth-order valence-electron chi connectivity index (χ4n) is 2.33. The van der Waals surface area contributed by atoms with Crippen LogP contribution in [0.2, 0.25) is 10.0 Å². The maximum Gasteiger partial charge on any atom is 0.226 e. The molecule has 1 unspecified atom stereocenters. The molecule has 0 aliphatic heterocycles. The Morgan fingerprint density at radius 1 is 1.33 bits per heavy atom. The van der Waals surface area contributed by atoms with Crippen molar-refractivity contribution in [1.29, 1.82) is 5.41 Å². The van der Waals surface area contributed by atoms with E-state index in [1.807, 2.05) is 6.07 Å². The Labute approximate surface area is 149 Å². The lowest BCUT2D eigenvalue weighted by atomic mass is 10.0. The number of halogens is 2. The van der Waals surface area contributed by atoms with Crippen molar-refractivity contribution in [2.45, 2.75) is 18.9 Å². The summed E-state index contributed by atoms with van der Waals surface area (Å²) in [7, 11) is 0. The highest BCUT2D eigenvalue weighted by Crippen LogP contribution is 2.21. The molecular formula is C16H18Cl2N4O2. The van der Waals surface area contributed by atoms with Crippen molar-refractivity contribution in [3.63, 3.8) is 0 Å². The molecule has 128 valence electrons. The molecule has 6 nitrogen and oxygen atoms in total. The van der Waals surface area contributed by atoms with Gasteiger partial charge in [-0.25, -0.2) is 0 Å². The van der Waals surface area contributed by atoms with Crippen LogP contribution in [0.25, 0.3) is 0 Å². The largest absolute Gasteiger partial charge is 0.427 e. The third-order valence-corrected chi connectivity index (χ3v) is 4.10. The first-order valence-electron chi connectivity index (χ1n) is 7.31. The van der Waals surface area contributed by atoms with Gasteiger partial charge in [-0.2, -0.15) is 4.73 Å². The zero-order valence-electron chi connectivity index (χ0n) is 12.8. The summed E-state index contributed by atoms with van der Waals surface area (Å²) in [6.45, 7) is 0.389. The van der Waals surface area contributed by atoms with Crippen LogP contribution in [0.3, 0.4) is 0 Å². The molecule has 1 aromatic heterocycles. The zero-order chi connectivity index (χ0) is 17.7. The van der Waals surface area contributed by atoms with Crippen LogP contribution in [0, 0.1) is 5.41 Å². The second-order valence-corrected chi connectivity index (χ2v) is 6.10.